The number of hydrogen-bond acceptors (Lipinski definition) is 4. The topological polar surface area (TPSA) is 51.4 Å². The lowest BCUT2D eigenvalue weighted by molar-refractivity contribution is -0.170. The summed E-state index contributed by atoms with van der Waals surface area (Å²) in [4.78, 5) is 22.9. The second-order valence-corrected chi connectivity index (χ2v) is 8.98. The Morgan fingerprint density at radius 2 is 1.70 bits per heavy atom. The van der Waals surface area contributed by atoms with Crippen LogP contribution in [0.5, 0.6) is 0 Å². The highest BCUT2D eigenvalue weighted by Gasteiger charge is 2.63. The Balaban J connectivity index is 2.65. The molecule has 1 saturated heterocycles. The van der Waals surface area contributed by atoms with Crippen molar-refractivity contribution in [2.24, 2.45) is 17.3 Å². The van der Waals surface area contributed by atoms with E-state index >= 15 is 0 Å². The van der Waals surface area contributed by atoms with Gasteiger partial charge in [0.2, 0.25) is 0 Å². The molecule has 4 nitrogen and oxygen atoms in total. The molecular formula is C19H36O4. The van der Waals surface area contributed by atoms with Crippen LogP contribution in [-0.4, -0.2) is 17.4 Å². The van der Waals surface area contributed by atoms with Gasteiger partial charge in [0, 0.05) is 5.92 Å². The van der Waals surface area contributed by atoms with E-state index in [0.717, 1.165) is 32.1 Å². The Bertz CT molecular complexity index is 393. The van der Waals surface area contributed by atoms with E-state index in [0.29, 0.717) is 5.92 Å². The van der Waals surface area contributed by atoms with Crippen molar-refractivity contribution < 1.29 is 19.3 Å². The molecule has 0 N–H and O–H groups in total. The minimum Gasteiger partial charge on any atom is -0.455 e. The second-order valence-electron chi connectivity index (χ2n) is 8.98. The first-order valence-corrected chi connectivity index (χ1v) is 9.04. The van der Waals surface area contributed by atoms with Crippen LogP contribution in [0.25, 0.3) is 0 Å². The molecule has 1 aliphatic heterocycles. The zero-order valence-electron chi connectivity index (χ0n) is 16.3. The van der Waals surface area contributed by atoms with Crippen molar-refractivity contribution in [1.29, 1.82) is 0 Å². The largest absolute Gasteiger partial charge is 0.455 e. The predicted octanol–water partition coefficient (Wildman–Crippen LogP) is 5.26. The van der Waals surface area contributed by atoms with Gasteiger partial charge in [-0.2, -0.15) is 9.78 Å². The lowest BCUT2D eigenvalue weighted by atomic mass is 9.82. The molecule has 0 amide bonds. The van der Waals surface area contributed by atoms with E-state index < -0.39 is 11.4 Å². The van der Waals surface area contributed by atoms with Gasteiger partial charge in [0.15, 0.2) is 0 Å². The molecule has 136 valence electrons. The van der Waals surface area contributed by atoms with Crippen LogP contribution in [0.2, 0.25) is 0 Å². The van der Waals surface area contributed by atoms with Gasteiger partial charge in [-0.05, 0) is 43.9 Å². The average molecular weight is 328 g/mol. The lowest BCUT2D eigenvalue weighted by Gasteiger charge is -2.31. The predicted molar refractivity (Wildman–Crippen MR) is 91.6 cm³/mol. The summed E-state index contributed by atoms with van der Waals surface area (Å²) in [5.41, 5.74) is -0.344. The molecule has 0 aliphatic carbocycles. The fourth-order valence-corrected chi connectivity index (χ4v) is 3.01. The SMILES string of the molecule is CCC(C)(CCCC(C)C)OC(=O)C1(C(C)CC(C)(C)C)OO1. The molecule has 0 spiro atoms. The van der Waals surface area contributed by atoms with Crippen LogP contribution in [-0.2, 0) is 19.3 Å². The number of carbonyl (C=O) groups excluding carboxylic acids is 1. The van der Waals surface area contributed by atoms with Crippen molar-refractivity contribution in [1.82, 2.24) is 0 Å². The summed E-state index contributed by atoms with van der Waals surface area (Å²) in [5.74, 6) is -0.933. The van der Waals surface area contributed by atoms with Crippen LogP contribution in [0, 0.1) is 17.3 Å². The van der Waals surface area contributed by atoms with E-state index in [9.17, 15) is 4.79 Å². The lowest BCUT2D eigenvalue weighted by Crippen LogP contribution is -2.41. The van der Waals surface area contributed by atoms with Gasteiger partial charge < -0.3 is 4.74 Å². The summed E-state index contributed by atoms with van der Waals surface area (Å²) in [5, 5.41) is 0. The summed E-state index contributed by atoms with van der Waals surface area (Å²) >= 11 is 0. The van der Waals surface area contributed by atoms with Crippen molar-refractivity contribution in [3.05, 3.63) is 0 Å². The van der Waals surface area contributed by atoms with Gasteiger partial charge in [-0.1, -0.05) is 54.9 Å². The van der Waals surface area contributed by atoms with Gasteiger partial charge in [0.25, 0.3) is 0 Å². The Labute approximate surface area is 142 Å². The number of esters is 1. The summed E-state index contributed by atoms with van der Waals surface area (Å²) in [6.45, 7) is 16.9. The molecule has 0 aromatic carbocycles. The molecular weight excluding hydrogens is 292 g/mol. The summed E-state index contributed by atoms with van der Waals surface area (Å²) in [6.07, 6.45) is 4.70. The quantitative estimate of drug-likeness (QED) is 0.329. The first-order chi connectivity index (χ1) is 10.4. The van der Waals surface area contributed by atoms with Crippen LogP contribution in [0.15, 0.2) is 0 Å². The molecule has 2 atom stereocenters. The van der Waals surface area contributed by atoms with Crippen molar-refractivity contribution in [3.8, 4) is 0 Å². The monoisotopic (exact) mass is 328 g/mol. The summed E-state index contributed by atoms with van der Waals surface area (Å²) in [7, 11) is 0. The molecule has 23 heavy (non-hydrogen) atoms. The third kappa shape index (κ3) is 6.07. The van der Waals surface area contributed by atoms with Gasteiger partial charge in [0.05, 0.1) is 0 Å². The van der Waals surface area contributed by atoms with Crippen LogP contribution in [0.3, 0.4) is 0 Å². The second kappa shape index (κ2) is 7.52. The summed E-state index contributed by atoms with van der Waals surface area (Å²) in [6, 6.07) is 0. The fourth-order valence-electron chi connectivity index (χ4n) is 3.01. The van der Waals surface area contributed by atoms with E-state index in [1.807, 2.05) is 13.8 Å². The maximum absolute atomic E-state index is 12.7. The Hall–Kier alpha value is -0.610. The molecule has 0 saturated carbocycles. The fraction of sp³-hybridized carbons (Fsp3) is 0.947. The minimum absolute atomic E-state index is 0.0354. The molecule has 1 aliphatic rings. The molecule has 0 bridgehead atoms. The minimum atomic E-state index is -1.19. The van der Waals surface area contributed by atoms with E-state index in [1.54, 1.807) is 0 Å². The van der Waals surface area contributed by atoms with Crippen molar-refractivity contribution in [2.75, 3.05) is 0 Å². The van der Waals surface area contributed by atoms with Crippen LogP contribution in [0.1, 0.15) is 87.5 Å². The van der Waals surface area contributed by atoms with E-state index in [4.69, 9.17) is 14.5 Å². The molecule has 0 aromatic rings. The first-order valence-electron chi connectivity index (χ1n) is 9.04. The number of hydrogen-bond donors (Lipinski definition) is 0. The maximum Gasteiger partial charge on any atom is 0.373 e. The highest BCUT2D eigenvalue weighted by Crippen LogP contribution is 2.45. The Morgan fingerprint density at radius 1 is 1.13 bits per heavy atom. The third-order valence-corrected chi connectivity index (χ3v) is 4.69. The maximum atomic E-state index is 12.7. The first kappa shape index (κ1) is 20.4. The molecule has 1 fully saturated rings. The van der Waals surface area contributed by atoms with Gasteiger partial charge in [0.1, 0.15) is 5.60 Å². The zero-order valence-corrected chi connectivity index (χ0v) is 16.3. The normalized spacial score (nSPS) is 20.9. The van der Waals surface area contributed by atoms with E-state index in [2.05, 4.69) is 41.5 Å². The van der Waals surface area contributed by atoms with Gasteiger partial charge in [-0.15, -0.1) is 0 Å². The number of ether oxygens (including phenoxy) is 1. The van der Waals surface area contributed by atoms with Crippen LogP contribution >= 0.6 is 0 Å². The Kier molecular flexibility index (Phi) is 6.68. The van der Waals surface area contributed by atoms with Gasteiger partial charge in [-0.3, -0.25) is 0 Å². The smallest absolute Gasteiger partial charge is 0.373 e. The standard InChI is InChI=1S/C19H36O4/c1-9-18(8,12-10-11-14(2)3)21-16(20)19(22-23-19)15(4)13-17(5,6)7/h14-15H,9-13H2,1-8H3. The molecule has 1 rings (SSSR count). The third-order valence-electron chi connectivity index (χ3n) is 4.69. The molecule has 1 heterocycles. The van der Waals surface area contributed by atoms with E-state index in [1.165, 1.54) is 0 Å². The highest BCUT2D eigenvalue weighted by atomic mass is 17.4. The molecule has 0 radical (unpaired) electrons. The highest BCUT2D eigenvalue weighted by molar-refractivity contribution is 5.80. The zero-order chi connectivity index (χ0) is 17.9. The molecule has 2 unspecified atom stereocenters. The number of rotatable bonds is 9. The van der Waals surface area contributed by atoms with Gasteiger partial charge in [-0.25, -0.2) is 4.79 Å². The Morgan fingerprint density at radius 3 is 2.09 bits per heavy atom. The van der Waals surface area contributed by atoms with Crippen LogP contribution in [0.4, 0.5) is 0 Å². The van der Waals surface area contributed by atoms with Crippen molar-refractivity contribution >= 4 is 5.97 Å². The van der Waals surface area contributed by atoms with Crippen molar-refractivity contribution in [3.63, 3.8) is 0 Å². The van der Waals surface area contributed by atoms with Crippen LogP contribution < -0.4 is 0 Å². The van der Waals surface area contributed by atoms with E-state index in [-0.39, 0.29) is 17.3 Å². The summed E-state index contributed by atoms with van der Waals surface area (Å²) < 4.78 is 5.84. The number of carbonyl (C=O) groups is 1. The molecule has 4 heteroatoms. The van der Waals surface area contributed by atoms with Crippen molar-refractivity contribution in [2.45, 2.75) is 98.9 Å². The molecule has 0 aromatic heterocycles. The van der Waals surface area contributed by atoms with Gasteiger partial charge >= 0.3 is 11.8 Å². The average Bonchev–Trinajstić information content (AvgIpc) is 3.17.